The Morgan fingerprint density at radius 2 is 1.78 bits per heavy atom. The maximum atomic E-state index is 11.9. The van der Waals surface area contributed by atoms with Crippen LogP contribution in [-0.4, -0.2) is 52.1 Å². The number of likely N-dealkylation sites (N-methyl/N-ethyl adjacent to an activating group) is 1. The zero-order chi connectivity index (χ0) is 17.4. The van der Waals surface area contributed by atoms with Gasteiger partial charge in [-0.2, -0.15) is 0 Å². The van der Waals surface area contributed by atoms with Crippen LogP contribution in [0.25, 0.3) is 11.0 Å². The van der Waals surface area contributed by atoms with Crippen LogP contribution in [-0.2, 0) is 15.0 Å². The highest BCUT2D eigenvalue weighted by molar-refractivity contribution is 6.25. The van der Waals surface area contributed by atoms with Gasteiger partial charge in [-0.05, 0) is 37.1 Å². The summed E-state index contributed by atoms with van der Waals surface area (Å²) < 4.78 is 0. The molecule has 0 saturated heterocycles. The topological polar surface area (TPSA) is 128 Å². The van der Waals surface area contributed by atoms with Crippen molar-refractivity contribution < 1.29 is 19.8 Å². The van der Waals surface area contributed by atoms with Crippen LogP contribution in [0.15, 0.2) is 17.1 Å². The van der Waals surface area contributed by atoms with Crippen LogP contribution < -0.4 is 5.32 Å². The molecule has 0 aliphatic heterocycles. The molecule has 0 aliphatic rings. The number of amidine groups is 1. The number of nitrogens with zero attached hydrogens (tertiary/aromatic N) is 2. The number of hydrogen-bond donors (Lipinski definition) is 4. The zero-order valence-corrected chi connectivity index (χ0v) is 13.3. The standard InChI is InChI=1S/C15H18N4O4/c1-7-5-9-10(6-8(7)2)19-12(18-9)15(13(20)21,14(22)23)11(16-3)17-4/h5-6H,1-4H3,(H,16,17)(H,18,19)(H,20,21)(H,22,23). The molecule has 0 aliphatic carbocycles. The molecule has 1 aromatic carbocycles. The Morgan fingerprint density at radius 3 is 2.26 bits per heavy atom. The van der Waals surface area contributed by atoms with Gasteiger partial charge in [-0.15, -0.1) is 0 Å². The number of carboxylic acid groups (broad SMARTS) is 2. The molecular weight excluding hydrogens is 300 g/mol. The summed E-state index contributed by atoms with van der Waals surface area (Å²) in [5.74, 6) is -3.57. The summed E-state index contributed by atoms with van der Waals surface area (Å²) >= 11 is 0. The molecule has 2 aromatic rings. The summed E-state index contributed by atoms with van der Waals surface area (Å²) in [5.41, 5.74) is 0.611. The van der Waals surface area contributed by atoms with E-state index in [1.165, 1.54) is 14.1 Å². The van der Waals surface area contributed by atoms with E-state index in [0.29, 0.717) is 11.0 Å². The van der Waals surface area contributed by atoms with E-state index >= 15 is 0 Å². The Labute approximate surface area is 132 Å². The molecule has 1 heterocycles. The summed E-state index contributed by atoms with van der Waals surface area (Å²) in [6, 6.07) is 3.58. The number of imidazole rings is 1. The van der Waals surface area contributed by atoms with E-state index in [1.807, 2.05) is 13.8 Å². The molecule has 8 heteroatoms. The van der Waals surface area contributed by atoms with Gasteiger partial charge in [0.05, 0.1) is 11.0 Å². The van der Waals surface area contributed by atoms with Crippen LogP contribution >= 0.6 is 0 Å². The van der Waals surface area contributed by atoms with Gasteiger partial charge in [0.2, 0.25) is 0 Å². The normalized spacial score (nSPS) is 12.4. The molecule has 8 nitrogen and oxygen atoms in total. The van der Waals surface area contributed by atoms with Crippen LogP contribution in [0.1, 0.15) is 17.0 Å². The van der Waals surface area contributed by atoms with Crippen molar-refractivity contribution in [3.05, 3.63) is 29.1 Å². The second-order valence-corrected chi connectivity index (χ2v) is 5.22. The van der Waals surface area contributed by atoms with Gasteiger partial charge in [-0.3, -0.25) is 4.99 Å². The lowest BCUT2D eigenvalue weighted by Gasteiger charge is -2.24. The van der Waals surface area contributed by atoms with E-state index in [4.69, 9.17) is 0 Å². The molecule has 122 valence electrons. The fourth-order valence-electron chi connectivity index (χ4n) is 2.52. The van der Waals surface area contributed by atoms with Crippen LogP contribution in [0.3, 0.4) is 0 Å². The lowest BCUT2D eigenvalue weighted by molar-refractivity contribution is -0.153. The van der Waals surface area contributed by atoms with Crippen LogP contribution in [0.2, 0.25) is 0 Å². The van der Waals surface area contributed by atoms with Gasteiger partial charge in [0.1, 0.15) is 11.7 Å². The average Bonchev–Trinajstić information content (AvgIpc) is 2.86. The number of carboxylic acids is 2. The zero-order valence-electron chi connectivity index (χ0n) is 13.3. The fraction of sp³-hybridized carbons (Fsp3) is 0.333. The van der Waals surface area contributed by atoms with Crippen molar-refractivity contribution >= 4 is 28.8 Å². The number of benzene rings is 1. The first-order valence-corrected chi connectivity index (χ1v) is 6.88. The third kappa shape index (κ3) is 2.32. The number of aliphatic imine (C=N–C) groups is 1. The van der Waals surface area contributed by atoms with Crippen LogP contribution in [0.5, 0.6) is 0 Å². The second kappa shape index (κ2) is 5.71. The second-order valence-electron chi connectivity index (χ2n) is 5.22. The van der Waals surface area contributed by atoms with Gasteiger partial charge in [-0.1, -0.05) is 0 Å². The van der Waals surface area contributed by atoms with Gasteiger partial charge in [0.15, 0.2) is 0 Å². The molecule has 0 atom stereocenters. The fourth-order valence-corrected chi connectivity index (χ4v) is 2.52. The molecule has 0 radical (unpaired) electrons. The summed E-state index contributed by atoms with van der Waals surface area (Å²) in [4.78, 5) is 34.6. The number of fused-ring (bicyclic) bond motifs is 1. The number of aromatic amines is 1. The number of rotatable bonds is 4. The van der Waals surface area contributed by atoms with Crippen molar-refractivity contribution in [3.63, 3.8) is 0 Å². The maximum Gasteiger partial charge on any atom is 0.336 e. The van der Waals surface area contributed by atoms with E-state index in [-0.39, 0.29) is 11.7 Å². The van der Waals surface area contributed by atoms with E-state index in [1.54, 1.807) is 12.1 Å². The van der Waals surface area contributed by atoms with Crippen molar-refractivity contribution in [2.24, 2.45) is 4.99 Å². The summed E-state index contributed by atoms with van der Waals surface area (Å²) in [5, 5.41) is 21.9. The Hall–Kier alpha value is -2.90. The largest absolute Gasteiger partial charge is 0.480 e. The third-order valence-corrected chi connectivity index (χ3v) is 3.91. The number of aliphatic carboxylic acids is 2. The smallest absolute Gasteiger partial charge is 0.336 e. The molecule has 0 amide bonds. The highest BCUT2D eigenvalue weighted by atomic mass is 16.4. The molecule has 2 rings (SSSR count). The van der Waals surface area contributed by atoms with Crippen molar-refractivity contribution in [1.82, 2.24) is 15.3 Å². The Kier molecular flexibility index (Phi) is 4.09. The van der Waals surface area contributed by atoms with E-state index in [2.05, 4.69) is 20.3 Å². The molecule has 0 spiro atoms. The highest BCUT2D eigenvalue weighted by Crippen LogP contribution is 2.28. The van der Waals surface area contributed by atoms with Crippen molar-refractivity contribution in [1.29, 1.82) is 0 Å². The number of nitrogens with one attached hydrogen (secondary N) is 2. The van der Waals surface area contributed by atoms with Gasteiger partial charge < -0.3 is 20.5 Å². The predicted octanol–water partition coefficient (Wildman–Crippen LogP) is 0.834. The number of carbonyl (C=O) groups is 2. The highest BCUT2D eigenvalue weighted by Gasteiger charge is 2.56. The van der Waals surface area contributed by atoms with E-state index in [9.17, 15) is 19.8 Å². The minimum Gasteiger partial charge on any atom is -0.480 e. The predicted molar refractivity (Wildman–Crippen MR) is 84.9 cm³/mol. The summed E-state index contributed by atoms with van der Waals surface area (Å²) in [7, 11) is 2.74. The van der Waals surface area contributed by atoms with Crippen LogP contribution in [0.4, 0.5) is 0 Å². The first-order valence-electron chi connectivity index (χ1n) is 6.88. The van der Waals surface area contributed by atoms with Gasteiger partial charge in [0, 0.05) is 14.1 Å². The van der Waals surface area contributed by atoms with E-state index in [0.717, 1.165) is 11.1 Å². The lowest BCUT2D eigenvalue weighted by Crippen LogP contribution is -2.55. The molecule has 0 saturated carbocycles. The molecule has 23 heavy (non-hydrogen) atoms. The lowest BCUT2D eigenvalue weighted by atomic mass is 9.85. The van der Waals surface area contributed by atoms with Gasteiger partial charge >= 0.3 is 11.9 Å². The molecule has 1 aromatic heterocycles. The summed E-state index contributed by atoms with van der Waals surface area (Å²) in [6.45, 7) is 3.81. The Balaban J connectivity index is 2.84. The summed E-state index contributed by atoms with van der Waals surface area (Å²) in [6.07, 6.45) is 0. The molecule has 4 N–H and O–H groups in total. The quantitative estimate of drug-likeness (QED) is 0.376. The molecule has 0 fully saturated rings. The number of hydrogen-bond acceptors (Lipinski definition) is 4. The molecular formula is C15H18N4O4. The van der Waals surface area contributed by atoms with Crippen molar-refractivity contribution in [3.8, 4) is 0 Å². The maximum absolute atomic E-state index is 11.9. The third-order valence-electron chi connectivity index (χ3n) is 3.91. The minimum absolute atomic E-state index is 0.201. The number of aromatic nitrogens is 2. The van der Waals surface area contributed by atoms with Crippen molar-refractivity contribution in [2.75, 3.05) is 14.1 Å². The van der Waals surface area contributed by atoms with Gasteiger partial charge in [0.25, 0.3) is 5.41 Å². The molecule has 0 bridgehead atoms. The Bertz CT molecular complexity index is 769. The number of aryl methyl sites for hydroxylation is 2. The van der Waals surface area contributed by atoms with E-state index < -0.39 is 17.4 Å². The van der Waals surface area contributed by atoms with Crippen LogP contribution in [0, 0.1) is 13.8 Å². The Morgan fingerprint density at radius 1 is 1.22 bits per heavy atom. The van der Waals surface area contributed by atoms with Crippen molar-refractivity contribution in [2.45, 2.75) is 19.3 Å². The minimum atomic E-state index is -2.43. The van der Waals surface area contributed by atoms with Gasteiger partial charge in [-0.25, -0.2) is 14.6 Å². The average molecular weight is 318 g/mol. The first-order chi connectivity index (χ1) is 10.8. The first kappa shape index (κ1) is 16.5. The monoisotopic (exact) mass is 318 g/mol. The molecule has 0 unspecified atom stereocenters. The SMILES string of the molecule is CN=C(NC)C(C(=O)O)(C(=O)O)c1nc2cc(C)c(C)cc2[nH]1. The number of H-pyrrole nitrogens is 1.